The highest BCUT2D eigenvalue weighted by Gasteiger charge is 2.08. The number of nitrogens with zero attached hydrogens (tertiary/aromatic N) is 1. The van der Waals surface area contributed by atoms with Crippen molar-refractivity contribution in [1.29, 1.82) is 5.26 Å². The number of nitrogens with two attached hydrogens (primary N) is 1. The molecule has 0 fully saturated rings. The van der Waals surface area contributed by atoms with Gasteiger partial charge in [-0.2, -0.15) is 5.26 Å². The Morgan fingerprint density at radius 3 is 2.86 bits per heavy atom. The largest absolute Gasteiger partial charge is 0.479 e. The molecule has 2 aromatic rings. The highest BCUT2D eigenvalue weighted by atomic mass is 16.5. The predicted octanol–water partition coefficient (Wildman–Crippen LogP) is 2.73. The van der Waals surface area contributed by atoms with E-state index in [9.17, 15) is 4.79 Å². The summed E-state index contributed by atoms with van der Waals surface area (Å²) >= 11 is 0. The minimum Gasteiger partial charge on any atom is -0.479 e. The summed E-state index contributed by atoms with van der Waals surface area (Å²) < 4.78 is 5.19. The molecule has 0 unspecified atom stereocenters. The Kier molecular flexibility index (Phi) is 4.42. The van der Waals surface area contributed by atoms with Crippen LogP contribution in [-0.2, 0) is 0 Å². The van der Waals surface area contributed by atoms with E-state index < -0.39 is 0 Å². The van der Waals surface area contributed by atoms with Crippen LogP contribution in [0.5, 0.6) is 5.75 Å². The van der Waals surface area contributed by atoms with Crippen LogP contribution in [0.15, 0.2) is 42.5 Å². The molecule has 0 saturated carbocycles. The van der Waals surface area contributed by atoms with E-state index in [4.69, 9.17) is 15.7 Å². The van der Waals surface area contributed by atoms with Crippen LogP contribution in [-0.4, -0.2) is 12.5 Å². The molecule has 0 aromatic heterocycles. The van der Waals surface area contributed by atoms with Gasteiger partial charge in [-0.25, -0.2) is 0 Å². The minimum atomic E-state index is -0.226. The quantitative estimate of drug-likeness (QED) is 0.843. The molecular weight excluding hydrogens is 266 g/mol. The number of nitrogens with one attached hydrogen (secondary N) is 1. The third-order valence-corrected chi connectivity index (χ3v) is 2.93. The molecule has 0 atom stereocenters. The van der Waals surface area contributed by atoms with Crippen molar-refractivity contribution in [3.63, 3.8) is 0 Å². The lowest BCUT2D eigenvalue weighted by Crippen LogP contribution is -2.12. The van der Waals surface area contributed by atoms with Gasteiger partial charge in [-0.05, 0) is 42.8 Å². The molecule has 0 aliphatic rings. The molecule has 0 aliphatic heterocycles. The maximum Gasteiger partial charge on any atom is 0.255 e. The Bertz CT molecular complexity index is 705. The van der Waals surface area contributed by atoms with Crippen LogP contribution in [0, 0.1) is 18.3 Å². The van der Waals surface area contributed by atoms with Crippen LogP contribution in [0.2, 0.25) is 0 Å². The zero-order valence-electron chi connectivity index (χ0n) is 11.6. The van der Waals surface area contributed by atoms with E-state index in [2.05, 4.69) is 5.32 Å². The van der Waals surface area contributed by atoms with Crippen molar-refractivity contribution >= 4 is 17.3 Å². The monoisotopic (exact) mass is 281 g/mol. The second kappa shape index (κ2) is 6.44. The number of hydrogen-bond acceptors (Lipinski definition) is 4. The van der Waals surface area contributed by atoms with E-state index in [1.807, 2.05) is 13.0 Å². The van der Waals surface area contributed by atoms with E-state index >= 15 is 0 Å². The highest BCUT2D eigenvalue weighted by Crippen LogP contribution is 2.19. The van der Waals surface area contributed by atoms with Crippen molar-refractivity contribution in [1.82, 2.24) is 0 Å². The molecular formula is C16H15N3O2. The van der Waals surface area contributed by atoms with Gasteiger partial charge in [0.25, 0.3) is 5.91 Å². The third-order valence-electron chi connectivity index (χ3n) is 2.93. The normalized spacial score (nSPS) is 9.71. The smallest absolute Gasteiger partial charge is 0.255 e. The Morgan fingerprint density at radius 1 is 1.33 bits per heavy atom. The fourth-order valence-electron chi connectivity index (χ4n) is 1.80. The lowest BCUT2D eigenvalue weighted by Gasteiger charge is -2.08. The van der Waals surface area contributed by atoms with Crippen molar-refractivity contribution in [2.75, 3.05) is 17.7 Å². The fraction of sp³-hybridized carbons (Fsp3) is 0.125. The van der Waals surface area contributed by atoms with Crippen molar-refractivity contribution in [2.24, 2.45) is 0 Å². The lowest BCUT2D eigenvalue weighted by atomic mass is 10.1. The first-order valence-electron chi connectivity index (χ1n) is 6.37. The first-order valence-corrected chi connectivity index (χ1v) is 6.37. The second-order valence-corrected chi connectivity index (χ2v) is 4.50. The maximum absolute atomic E-state index is 12.2. The van der Waals surface area contributed by atoms with Gasteiger partial charge >= 0.3 is 0 Å². The van der Waals surface area contributed by atoms with Crippen LogP contribution in [0.1, 0.15) is 15.9 Å². The van der Waals surface area contributed by atoms with Gasteiger partial charge < -0.3 is 15.8 Å². The second-order valence-electron chi connectivity index (χ2n) is 4.50. The first kappa shape index (κ1) is 14.4. The summed E-state index contributed by atoms with van der Waals surface area (Å²) in [4.78, 5) is 12.2. The molecule has 0 spiro atoms. The van der Waals surface area contributed by atoms with Gasteiger partial charge in [0.05, 0.1) is 0 Å². The molecule has 2 rings (SSSR count). The van der Waals surface area contributed by atoms with E-state index in [1.165, 1.54) is 0 Å². The van der Waals surface area contributed by atoms with Crippen LogP contribution in [0.3, 0.4) is 0 Å². The van der Waals surface area contributed by atoms with Gasteiger partial charge in [-0.15, -0.1) is 0 Å². The third kappa shape index (κ3) is 3.74. The number of anilines is 2. The Morgan fingerprint density at radius 2 is 2.14 bits per heavy atom. The van der Waals surface area contributed by atoms with Gasteiger partial charge in [0.15, 0.2) is 6.61 Å². The number of hydrogen-bond donors (Lipinski definition) is 2. The molecule has 0 radical (unpaired) electrons. The number of ether oxygens (including phenoxy) is 1. The zero-order valence-corrected chi connectivity index (χ0v) is 11.6. The van der Waals surface area contributed by atoms with Gasteiger partial charge in [-0.1, -0.05) is 6.07 Å². The number of nitriles is 1. The number of nitrogen functional groups attached to an aromatic ring is 1. The summed E-state index contributed by atoms with van der Waals surface area (Å²) in [6.45, 7) is 1.82. The molecule has 1 amide bonds. The van der Waals surface area contributed by atoms with Crippen LogP contribution in [0.25, 0.3) is 0 Å². The first-order chi connectivity index (χ1) is 10.1. The van der Waals surface area contributed by atoms with Crippen molar-refractivity contribution in [3.8, 4) is 11.8 Å². The number of carbonyl (C=O) groups excluding carboxylic acids is 1. The van der Waals surface area contributed by atoms with Crippen LogP contribution < -0.4 is 15.8 Å². The van der Waals surface area contributed by atoms with Gasteiger partial charge in [0.2, 0.25) is 0 Å². The standard InChI is InChI=1S/C16H15N3O2/c1-11-9-12(5-6-15(11)18)16(20)19-13-3-2-4-14(10-13)21-8-7-17/h2-6,9-10H,8,18H2,1H3,(H,19,20). The van der Waals surface area contributed by atoms with Gasteiger partial charge in [-0.3, -0.25) is 4.79 Å². The van der Waals surface area contributed by atoms with E-state index in [-0.39, 0.29) is 12.5 Å². The van der Waals surface area contributed by atoms with E-state index in [0.717, 1.165) is 5.56 Å². The van der Waals surface area contributed by atoms with E-state index in [0.29, 0.717) is 22.7 Å². The van der Waals surface area contributed by atoms with Crippen molar-refractivity contribution < 1.29 is 9.53 Å². The van der Waals surface area contributed by atoms with Gasteiger partial charge in [0, 0.05) is 23.0 Å². The number of amides is 1. The SMILES string of the molecule is Cc1cc(C(=O)Nc2cccc(OCC#N)c2)ccc1N. The van der Waals surface area contributed by atoms with Crippen LogP contribution in [0.4, 0.5) is 11.4 Å². The maximum atomic E-state index is 12.2. The average Bonchev–Trinajstić information content (AvgIpc) is 2.48. The highest BCUT2D eigenvalue weighted by molar-refractivity contribution is 6.04. The average molecular weight is 281 g/mol. The molecule has 2 aromatic carbocycles. The van der Waals surface area contributed by atoms with Crippen molar-refractivity contribution in [3.05, 3.63) is 53.6 Å². The Labute approximate surface area is 123 Å². The molecule has 21 heavy (non-hydrogen) atoms. The molecule has 0 aliphatic carbocycles. The summed E-state index contributed by atoms with van der Waals surface area (Å²) in [6, 6.07) is 13.9. The fourth-order valence-corrected chi connectivity index (χ4v) is 1.80. The van der Waals surface area contributed by atoms with E-state index in [1.54, 1.807) is 42.5 Å². The van der Waals surface area contributed by atoms with Crippen molar-refractivity contribution in [2.45, 2.75) is 6.92 Å². The summed E-state index contributed by atoms with van der Waals surface area (Å²) in [5, 5.41) is 11.3. The lowest BCUT2D eigenvalue weighted by molar-refractivity contribution is 0.102. The topological polar surface area (TPSA) is 88.1 Å². The summed E-state index contributed by atoms with van der Waals surface area (Å²) in [5.41, 5.74) is 8.37. The summed E-state index contributed by atoms with van der Waals surface area (Å²) in [7, 11) is 0. The van der Waals surface area contributed by atoms with Crippen LogP contribution >= 0.6 is 0 Å². The zero-order chi connectivity index (χ0) is 15.2. The molecule has 0 saturated heterocycles. The number of benzene rings is 2. The number of carbonyl (C=O) groups is 1. The molecule has 3 N–H and O–H groups in total. The number of rotatable bonds is 4. The minimum absolute atomic E-state index is 0.0332. The summed E-state index contributed by atoms with van der Waals surface area (Å²) in [6.07, 6.45) is 0. The molecule has 5 nitrogen and oxygen atoms in total. The Balaban J connectivity index is 2.12. The molecule has 106 valence electrons. The Hall–Kier alpha value is -3.00. The molecule has 0 heterocycles. The number of aryl methyl sites for hydroxylation is 1. The van der Waals surface area contributed by atoms with Gasteiger partial charge in [0.1, 0.15) is 11.8 Å². The molecule has 5 heteroatoms. The predicted molar refractivity (Wildman–Crippen MR) is 81.1 cm³/mol. The summed E-state index contributed by atoms with van der Waals surface area (Å²) in [5.74, 6) is 0.304. The molecule has 0 bridgehead atoms.